The molecule has 166 valence electrons. The summed E-state index contributed by atoms with van der Waals surface area (Å²) in [6.07, 6.45) is -8.49. The van der Waals surface area contributed by atoms with Gasteiger partial charge in [-0.25, -0.2) is 0 Å². The molecular weight excluding hydrogens is 412 g/mol. The van der Waals surface area contributed by atoms with Crippen LogP contribution in [0.4, 0.5) is 0 Å². The van der Waals surface area contributed by atoms with Gasteiger partial charge in [-0.1, -0.05) is 30.3 Å². The lowest BCUT2D eigenvalue weighted by molar-refractivity contribution is -0.277. The SMILES string of the molecule is O=C1C[C@@H](c2ccccc2)Oc2cc(O[C@@H]3OC(CO)[C@@H](O)[C@H](O)C3O)c(O)c(O)c21. The van der Waals surface area contributed by atoms with Crippen LogP contribution < -0.4 is 9.47 Å². The van der Waals surface area contributed by atoms with E-state index in [0.29, 0.717) is 0 Å². The molecule has 2 aromatic rings. The number of fused-ring (bicyclic) bond motifs is 1. The van der Waals surface area contributed by atoms with Crippen LogP contribution in [0.1, 0.15) is 28.4 Å². The van der Waals surface area contributed by atoms with Gasteiger partial charge in [0.05, 0.1) is 13.0 Å². The fourth-order valence-corrected chi connectivity index (χ4v) is 3.67. The Kier molecular flexibility index (Phi) is 5.73. The number of phenols is 2. The van der Waals surface area contributed by atoms with Crippen LogP contribution in [0.15, 0.2) is 36.4 Å². The lowest BCUT2D eigenvalue weighted by Crippen LogP contribution is -2.60. The van der Waals surface area contributed by atoms with E-state index in [2.05, 4.69) is 0 Å². The summed E-state index contributed by atoms with van der Waals surface area (Å²) in [4.78, 5) is 12.6. The summed E-state index contributed by atoms with van der Waals surface area (Å²) < 4.78 is 16.5. The molecule has 2 heterocycles. The Morgan fingerprint density at radius 3 is 2.39 bits per heavy atom. The number of hydrogen-bond donors (Lipinski definition) is 6. The molecule has 4 rings (SSSR count). The van der Waals surface area contributed by atoms with Crippen LogP contribution in [0.3, 0.4) is 0 Å². The number of benzene rings is 2. The molecule has 2 unspecified atom stereocenters. The number of phenolic OH excluding ortho intramolecular Hbond substituents is 2. The standard InChI is InChI=1S/C21H22O10/c22-8-14-17(25)19(27)20(28)21(31-14)30-13-7-12-15(18(26)16(13)24)10(23)6-11(29-12)9-4-2-1-3-5-9/h1-5,7,11,14,17,19-22,24-28H,6,8H2/t11-,14?,17+,19-,20?,21+/m0/s1. The molecule has 0 saturated carbocycles. The molecule has 6 atom stereocenters. The summed E-state index contributed by atoms with van der Waals surface area (Å²) in [5.41, 5.74) is 0.538. The summed E-state index contributed by atoms with van der Waals surface area (Å²) in [5.74, 6) is -2.41. The topological polar surface area (TPSA) is 166 Å². The lowest BCUT2D eigenvalue weighted by atomic mass is 9.95. The van der Waals surface area contributed by atoms with E-state index < -0.39 is 60.7 Å². The molecule has 2 aliphatic rings. The zero-order valence-electron chi connectivity index (χ0n) is 16.2. The largest absolute Gasteiger partial charge is 0.504 e. The Labute approximate surface area is 176 Å². The quantitative estimate of drug-likeness (QED) is 0.360. The molecule has 2 aromatic carbocycles. The number of Topliss-reactive ketones (excluding diaryl/α,β-unsaturated/α-hetero) is 1. The Hall–Kier alpha value is -2.89. The third kappa shape index (κ3) is 3.80. The van der Waals surface area contributed by atoms with E-state index in [1.54, 1.807) is 24.3 Å². The van der Waals surface area contributed by atoms with Gasteiger partial charge in [-0.05, 0) is 5.56 Å². The van der Waals surface area contributed by atoms with E-state index in [1.165, 1.54) is 6.07 Å². The first-order valence-corrected chi connectivity index (χ1v) is 9.62. The van der Waals surface area contributed by atoms with Crippen molar-refractivity contribution >= 4 is 5.78 Å². The first-order valence-electron chi connectivity index (χ1n) is 9.62. The van der Waals surface area contributed by atoms with Crippen molar-refractivity contribution in [3.05, 3.63) is 47.5 Å². The van der Waals surface area contributed by atoms with Crippen LogP contribution in [-0.4, -0.2) is 73.7 Å². The van der Waals surface area contributed by atoms with E-state index >= 15 is 0 Å². The molecule has 10 nitrogen and oxygen atoms in total. The van der Waals surface area contributed by atoms with Crippen LogP contribution in [0, 0.1) is 0 Å². The number of aromatic hydroxyl groups is 2. The molecule has 0 radical (unpaired) electrons. The molecule has 0 amide bonds. The van der Waals surface area contributed by atoms with Gasteiger partial charge < -0.3 is 44.8 Å². The van der Waals surface area contributed by atoms with Crippen LogP contribution in [-0.2, 0) is 4.74 Å². The van der Waals surface area contributed by atoms with Crippen LogP contribution in [0.5, 0.6) is 23.0 Å². The van der Waals surface area contributed by atoms with Crippen LogP contribution >= 0.6 is 0 Å². The third-order valence-corrected chi connectivity index (χ3v) is 5.38. The molecule has 0 spiro atoms. The summed E-state index contributed by atoms with van der Waals surface area (Å²) in [5, 5.41) is 59.9. The van der Waals surface area contributed by atoms with E-state index in [0.717, 1.165) is 5.56 Å². The van der Waals surface area contributed by atoms with Gasteiger partial charge in [0.2, 0.25) is 12.0 Å². The predicted molar refractivity (Wildman–Crippen MR) is 103 cm³/mol. The van der Waals surface area contributed by atoms with Gasteiger partial charge >= 0.3 is 0 Å². The monoisotopic (exact) mass is 434 g/mol. The van der Waals surface area contributed by atoms with Gasteiger partial charge in [0, 0.05) is 6.07 Å². The number of carbonyl (C=O) groups is 1. The maximum absolute atomic E-state index is 12.6. The van der Waals surface area contributed by atoms with E-state index in [1.807, 2.05) is 6.07 Å². The fourth-order valence-electron chi connectivity index (χ4n) is 3.67. The molecule has 31 heavy (non-hydrogen) atoms. The summed E-state index contributed by atoms with van der Waals surface area (Å²) >= 11 is 0. The number of aliphatic hydroxyl groups excluding tert-OH is 4. The zero-order valence-corrected chi connectivity index (χ0v) is 16.2. The first-order chi connectivity index (χ1) is 14.8. The number of hydrogen-bond acceptors (Lipinski definition) is 10. The van der Waals surface area contributed by atoms with Gasteiger partial charge in [0.15, 0.2) is 17.3 Å². The maximum atomic E-state index is 12.6. The third-order valence-electron chi connectivity index (χ3n) is 5.38. The number of rotatable bonds is 4. The zero-order chi connectivity index (χ0) is 22.3. The van der Waals surface area contributed by atoms with Crippen LogP contribution in [0.25, 0.3) is 0 Å². The molecule has 1 fully saturated rings. The number of ketones is 1. The Morgan fingerprint density at radius 1 is 1.00 bits per heavy atom. The van der Waals surface area contributed by atoms with Gasteiger partial charge in [0.25, 0.3) is 0 Å². The number of aliphatic hydroxyl groups is 4. The Bertz CT molecular complexity index is 960. The molecule has 1 saturated heterocycles. The van der Waals surface area contributed by atoms with Crippen molar-refractivity contribution in [2.24, 2.45) is 0 Å². The molecule has 0 aromatic heterocycles. The van der Waals surface area contributed by atoms with E-state index in [9.17, 15) is 35.4 Å². The summed E-state index contributed by atoms with van der Waals surface area (Å²) in [6.45, 7) is -0.664. The highest BCUT2D eigenvalue weighted by molar-refractivity contribution is 6.03. The highest BCUT2D eigenvalue weighted by atomic mass is 16.7. The van der Waals surface area contributed by atoms with Crippen molar-refractivity contribution in [2.75, 3.05) is 6.61 Å². The van der Waals surface area contributed by atoms with Crippen molar-refractivity contribution in [1.82, 2.24) is 0 Å². The van der Waals surface area contributed by atoms with E-state index in [4.69, 9.17) is 14.2 Å². The predicted octanol–water partition coefficient (Wildman–Crippen LogP) is -0.0170. The van der Waals surface area contributed by atoms with Gasteiger partial charge in [-0.15, -0.1) is 0 Å². The smallest absolute Gasteiger partial charge is 0.229 e. The molecular formula is C21H22O10. The minimum Gasteiger partial charge on any atom is -0.504 e. The number of ether oxygens (including phenoxy) is 3. The van der Waals surface area contributed by atoms with Crippen molar-refractivity contribution in [1.29, 1.82) is 0 Å². The molecule has 6 N–H and O–H groups in total. The second kappa shape index (κ2) is 8.33. The molecule has 0 bridgehead atoms. The van der Waals surface area contributed by atoms with Gasteiger partial charge in [0.1, 0.15) is 41.8 Å². The number of carbonyl (C=O) groups excluding carboxylic acids is 1. The average molecular weight is 434 g/mol. The van der Waals surface area contributed by atoms with Crippen molar-refractivity contribution in [3.63, 3.8) is 0 Å². The average Bonchev–Trinajstić information content (AvgIpc) is 2.77. The van der Waals surface area contributed by atoms with E-state index in [-0.39, 0.29) is 23.5 Å². The first kappa shape index (κ1) is 21.3. The lowest BCUT2D eigenvalue weighted by Gasteiger charge is -2.39. The van der Waals surface area contributed by atoms with Crippen molar-refractivity contribution in [2.45, 2.75) is 43.2 Å². The molecule has 0 aliphatic carbocycles. The second-order valence-corrected chi connectivity index (χ2v) is 7.40. The Balaban J connectivity index is 1.65. The highest BCUT2D eigenvalue weighted by Gasteiger charge is 2.45. The normalized spacial score (nSPS) is 30.4. The van der Waals surface area contributed by atoms with Gasteiger partial charge in [-0.2, -0.15) is 0 Å². The summed E-state index contributed by atoms with van der Waals surface area (Å²) in [6, 6.07) is 10.1. The van der Waals surface area contributed by atoms with Crippen molar-refractivity contribution in [3.8, 4) is 23.0 Å². The maximum Gasteiger partial charge on any atom is 0.229 e. The fraction of sp³-hybridized carbons (Fsp3) is 0.381. The molecule has 2 aliphatic heterocycles. The minimum absolute atomic E-state index is 0.0417. The summed E-state index contributed by atoms with van der Waals surface area (Å²) in [7, 11) is 0. The Morgan fingerprint density at radius 2 is 1.71 bits per heavy atom. The second-order valence-electron chi connectivity index (χ2n) is 7.40. The molecule has 10 heteroatoms. The highest BCUT2D eigenvalue weighted by Crippen LogP contribution is 2.48. The van der Waals surface area contributed by atoms with Crippen LogP contribution in [0.2, 0.25) is 0 Å². The minimum atomic E-state index is -1.73. The van der Waals surface area contributed by atoms with Gasteiger partial charge in [-0.3, -0.25) is 4.79 Å². The van der Waals surface area contributed by atoms with Crippen molar-refractivity contribution < 1.29 is 49.6 Å².